The molecule has 1 aromatic rings. The summed E-state index contributed by atoms with van der Waals surface area (Å²) < 4.78 is 56.2. The number of ether oxygens (including phenoxy) is 1. The van der Waals surface area contributed by atoms with Gasteiger partial charge in [0.15, 0.2) is 5.56 Å². The van der Waals surface area contributed by atoms with Gasteiger partial charge in [0, 0.05) is 18.3 Å². The summed E-state index contributed by atoms with van der Waals surface area (Å²) in [5.41, 5.74) is -1.82. The van der Waals surface area contributed by atoms with Crippen LogP contribution in [0.4, 0.5) is 17.6 Å². The number of aliphatic hydroxyl groups excluding tert-OH is 1. The van der Waals surface area contributed by atoms with Gasteiger partial charge < -0.3 is 15.2 Å². The maximum atomic E-state index is 13.3. The van der Waals surface area contributed by atoms with Gasteiger partial charge in [0.05, 0.1) is 0 Å². The van der Waals surface area contributed by atoms with E-state index in [2.05, 4.69) is 10.3 Å². The first-order valence-corrected chi connectivity index (χ1v) is 6.28. The molecule has 0 aliphatic heterocycles. The second-order valence-corrected chi connectivity index (χ2v) is 5.57. The van der Waals surface area contributed by atoms with E-state index in [1.54, 1.807) is 0 Å². The van der Waals surface area contributed by atoms with E-state index in [4.69, 9.17) is 4.74 Å². The molecule has 0 spiro atoms. The number of alkyl halides is 3. The number of nitrogens with zero attached hydrogens (tertiary/aromatic N) is 1. The Morgan fingerprint density at radius 1 is 1.33 bits per heavy atom. The van der Waals surface area contributed by atoms with Crippen molar-refractivity contribution in [3.05, 3.63) is 23.6 Å². The van der Waals surface area contributed by atoms with Crippen LogP contribution in [-0.2, 0) is 6.18 Å². The lowest BCUT2D eigenvalue weighted by atomic mass is 10.1. The third-order valence-electron chi connectivity index (χ3n) is 2.43. The molecule has 21 heavy (non-hydrogen) atoms. The van der Waals surface area contributed by atoms with Gasteiger partial charge in [-0.25, -0.2) is 9.37 Å². The first-order chi connectivity index (χ1) is 9.50. The Bertz CT molecular complexity index is 472. The molecule has 0 bridgehead atoms. The fourth-order valence-electron chi connectivity index (χ4n) is 1.44. The van der Waals surface area contributed by atoms with Gasteiger partial charge in [-0.2, -0.15) is 13.2 Å². The van der Waals surface area contributed by atoms with Crippen LogP contribution < -0.4 is 10.1 Å². The molecule has 1 unspecified atom stereocenters. The zero-order valence-electron chi connectivity index (χ0n) is 12.0. The first kappa shape index (κ1) is 17.6. The molecule has 120 valence electrons. The molecule has 0 aliphatic carbocycles. The van der Waals surface area contributed by atoms with Gasteiger partial charge in [0.25, 0.3) is 0 Å². The Kier molecular flexibility index (Phi) is 5.52. The van der Waals surface area contributed by atoms with E-state index in [1.807, 2.05) is 20.8 Å². The van der Waals surface area contributed by atoms with Crippen molar-refractivity contribution < 1.29 is 27.4 Å². The minimum absolute atomic E-state index is 0.125. The second kappa shape index (κ2) is 6.57. The highest BCUT2D eigenvalue weighted by Crippen LogP contribution is 2.36. The van der Waals surface area contributed by atoms with E-state index in [1.165, 1.54) is 0 Å². The van der Waals surface area contributed by atoms with Gasteiger partial charge in [-0.15, -0.1) is 0 Å². The molecule has 1 atom stereocenters. The van der Waals surface area contributed by atoms with Gasteiger partial charge >= 0.3 is 6.18 Å². The van der Waals surface area contributed by atoms with Crippen molar-refractivity contribution in [2.24, 2.45) is 0 Å². The largest absolute Gasteiger partial charge is 0.474 e. The Morgan fingerprint density at radius 2 is 1.95 bits per heavy atom. The predicted molar refractivity (Wildman–Crippen MR) is 68.5 cm³/mol. The van der Waals surface area contributed by atoms with E-state index in [-0.39, 0.29) is 12.1 Å². The molecule has 0 aromatic carbocycles. The first-order valence-electron chi connectivity index (χ1n) is 6.28. The van der Waals surface area contributed by atoms with E-state index >= 15 is 0 Å². The molecule has 1 rings (SSSR count). The summed E-state index contributed by atoms with van der Waals surface area (Å²) in [6.07, 6.45) is -5.09. The normalized spacial score (nSPS) is 14.1. The number of aromatic nitrogens is 1. The topological polar surface area (TPSA) is 54.4 Å². The second-order valence-electron chi connectivity index (χ2n) is 5.57. The Balaban J connectivity index is 2.70. The van der Waals surface area contributed by atoms with Gasteiger partial charge in [-0.3, -0.25) is 0 Å². The lowest BCUT2D eigenvalue weighted by Crippen LogP contribution is -2.42. The molecule has 0 saturated heterocycles. The lowest BCUT2D eigenvalue weighted by Gasteiger charge is -2.23. The summed E-state index contributed by atoms with van der Waals surface area (Å²) in [6, 6.07) is 0.604. The Labute approximate surface area is 120 Å². The Morgan fingerprint density at radius 3 is 2.48 bits per heavy atom. The average molecular weight is 310 g/mol. The molecular formula is C13H18F4N2O2. The lowest BCUT2D eigenvalue weighted by molar-refractivity contribution is -0.142. The van der Waals surface area contributed by atoms with Crippen LogP contribution in [-0.4, -0.2) is 34.9 Å². The van der Waals surface area contributed by atoms with Crippen LogP contribution in [0.15, 0.2) is 12.3 Å². The van der Waals surface area contributed by atoms with E-state index in [0.29, 0.717) is 6.07 Å². The van der Waals surface area contributed by atoms with E-state index in [0.717, 1.165) is 6.20 Å². The van der Waals surface area contributed by atoms with Crippen LogP contribution in [0.3, 0.4) is 0 Å². The zero-order chi connectivity index (χ0) is 16.3. The number of rotatable bonds is 5. The van der Waals surface area contributed by atoms with Crippen molar-refractivity contribution in [1.29, 1.82) is 0 Å². The highest BCUT2D eigenvalue weighted by molar-refractivity contribution is 5.30. The molecule has 0 fully saturated rings. The number of hydrogen-bond acceptors (Lipinski definition) is 4. The summed E-state index contributed by atoms with van der Waals surface area (Å²) in [7, 11) is 0. The average Bonchev–Trinajstić information content (AvgIpc) is 2.31. The molecule has 0 amide bonds. The summed E-state index contributed by atoms with van der Waals surface area (Å²) in [4.78, 5) is 3.37. The minimum Gasteiger partial charge on any atom is -0.474 e. The fraction of sp³-hybridized carbons (Fsp3) is 0.615. The quantitative estimate of drug-likeness (QED) is 0.820. The zero-order valence-corrected chi connectivity index (χ0v) is 12.0. The maximum absolute atomic E-state index is 13.3. The third-order valence-corrected chi connectivity index (χ3v) is 2.43. The SMILES string of the molecule is CC(C)(C)NCC(O)COc1nccc(F)c1C(F)(F)F. The van der Waals surface area contributed by atoms with Gasteiger partial charge in [0.2, 0.25) is 5.88 Å². The van der Waals surface area contributed by atoms with Crippen LogP contribution >= 0.6 is 0 Å². The molecule has 4 nitrogen and oxygen atoms in total. The van der Waals surface area contributed by atoms with Crippen LogP contribution in [0.2, 0.25) is 0 Å². The molecule has 0 radical (unpaired) electrons. The highest BCUT2D eigenvalue weighted by Gasteiger charge is 2.39. The highest BCUT2D eigenvalue weighted by atomic mass is 19.4. The molecule has 0 aliphatic rings. The van der Waals surface area contributed by atoms with Crippen molar-refractivity contribution in [3.63, 3.8) is 0 Å². The van der Waals surface area contributed by atoms with E-state index in [9.17, 15) is 22.7 Å². The molecular weight excluding hydrogens is 292 g/mol. The van der Waals surface area contributed by atoms with Crippen LogP contribution in [0.5, 0.6) is 5.88 Å². The molecule has 1 aromatic heterocycles. The summed E-state index contributed by atoms with van der Waals surface area (Å²) >= 11 is 0. The summed E-state index contributed by atoms with van der Waals surface area (Å²) in [5.74, 6) is -2.34. The minimum atomic E-state index is -4.91. The number of pyridine rings is 1. The monoisotopic (exact) mass is 310 g/mol. The number of hydrogen-bond donors (Lipinski definition) is 2. The van der Waals surface area contributed by atoms with E-state index < -0.39 is 36.1 Å². The fourth-order valence-corrected chi connectivity index (χ4v) is 1.44. The number of halogens is 4. The van der Waals surface area contributed by atoms with Crippen molar-refractivity contribution >= 4 is 0 Å². The maximum Gasteiger partial charge on any atom is 0.424 e. The van der Waals surface area contributed by atoms with Crippen molar-refractivity contribution in [2.75, 3.05) is 13.2 Å². The van der Waals surface area contributed by atoms with Gasteiger partial charge in [0.1, 0.15) is 18.5 Å². The molecule has 8 heteroatoms. The van der Waals surface area contributed by atoms with Crippen molar-refractivity contribution in [2.45, 2.75) is 38.6 Å². The van der Waals surface area contributed by atoms with Crippen LogP contribution in [0.25, 0.3) is 0 Å². The van der Waals surface area contributed by atoms with Crippen molar-refractivity contribution in [3.8, 4) is 5.88 Å². The smallest absolute Gasteiger partial charge is 0.424 e. The molecule has 2 N–H and O–H groups in total. The molecule has 1 heterocycles. The van der Waals surface area contributed by atoms with Gasteiger partial charge in [-0.1, -0.05) is 0 Å². The van der Waals surface area contributed by atoms with Crippen LogP contribution in [0.1, 0.15) is 26.3 Å². The van der Waals surface area contributed by atoms with Gasteiger partial charge in [-0.05, 0) is 26.8 Å². The third kappa shape index (κ3) is 5.84. The number of aliphatic hydroxyl groups is 1. The summed E-state index contributed by atoms with van der Waals surface area (Å²) in [6.45, 7) is 5.31. The summed E-state index contributed by atoms with van der Waals surface area (Å²) in [5, 5.41) is 12.6. The van der Waals surface area contributed by atoms with Crippen LogP contribution in [0, 0.1) is 5.82 Å². The standard InChI is InChI=1S/C13H18F4N2O2/c1-12(2,3)19-6-8(20)7-21-11-10(13(15,16)17)9(14)4-5-18-11/h4-5,8,19-20H,6-7H2,1-3H3. The predicted octanol–water partition coefficient (Wildman–Crippen LogP) is 2.37. The Hall–Kier alpha value is -1.41. The molecule has 0 saturated carbocycles. The van der Waals surface area contributed by atoms with Crippen molar-refractivity contribution in [1.82, 2.24) is 10.3 Å². The number of nitrogens with one attached hydrogen (secondary N) is 1. The number of β-amino-alcohol motifs (C(OH)–C–C–N with tert-alkyl or cyclic N) is 1.